The second kappa shape index (κ2) is 6.52. The van der Waals surface area contributed by atoms with Crippen LogP contribution in [0, 0.1) is 6.92 Å². The minimum absolute atomic E-state index is 0.141. The van der Waals surface area contributed by atoms with Crippen LogP contribution in [0.4, 0.5) is 18.9 Å². The van der Waals surface area contributed by atoms with E-state index in [-0.39, 0.29) is 5.56 Å². The predicted octanol–water partition coefficient (Wildman–Crippen LogP) is 2.60. The SMILES string of the molecule is C=CCN1CCN(c2cccc(S(=O)(=O)C(F)(F)F)c2C)CC1. The number of nitrogens with zero attached hydrogens (tertiary/aromatic N) is 2. The average molecular weight is 348 g/mol. The van der Waals surface area contributed by atoms with Crippen LogP contribution in [0.1, 0.15) is 5.56 Å². The molecule has 0 saturated carbocycles. The molecule has 1 aromatic carbocycles. The van der Waals surface area contributed by atoms with Crippen LogP contribution in [0.2, 0.25) is 0 Å². The minimum Gasteiger partial charge on any atom is -0.369 e. The van der Waals surface area contributed by atoms with E-state index < -0.39 is 20.2 Å². The lowest BCUT2D eigenvalue weighted by molar-refractivity contribution is -0.0436. The molecule has 0 aromatic heterocycles. The second-order valence-corrected chi connectivity index (χ2v) is 7.34. The van der Waals surface area contributed by atoms with Crippen molar-refractivity contribution in [3.63, 3.8) is 0 Å². The molecule has 23 heavy (non-hydrogen) atoms. The molecule has 1 aromatic rings. The van der Waals surface area contributed by atoms with Gasteiger partial charge in [-0.25, -0.2) is 8.42 Å². The molecule has 0 N–H and O–H groups in total. The van der Waals surface area contributed by atoms with Crippen LogP contribution >= 0.6 is 0 Å². The van der Waals surface area contributed by atoms with Crippen molar-refractivity contribution in [1.29, 1.82) is 0 Å². The third-order valence-corrected chi connectivity index (χ3v) is 5.58. The summed E-state index contributed by atoms with van der Waals surface area (Å²) in [7, 11) is -5.34. The Kier molecular flexibility index (Phi) is 5.05. The summed E-state index contributed by atoms with van der Waals surface area (Å²) in [6, 6.07) is 4.03. The molecular formula is C15H19F3N2O2S. The van der Waals surface area contributed by atoms with Crippen LogP contribution in [-0.4, -0.2) is 51.5 Å². The zero-order chi connectivity index (χ0) is 17.3. The van der Waals surface area contributed by atoms with Gasteiger partial charge in [0.15, 0.2) is 0 Å². The Morgan fingerprint density at radius 3 is 2.35 bits per heavy atom. The molecule has 1 fully saturated rings. The number of alkyl halides is 3. The number of benzene rings is 1. The van der Waals surface area contributed by atoms with Crippen molar-refractivity contribution in [2.75, 3.05) is 37.6 Å². The first-order valence-electron chi connectivity index (χ1n) is 7.17. The number of hydrogen-bond acceptors (Lipinski definition) is 4. The Hall–Kier alpha value is -1.54. The topological polar surface area (TPSA) is 40.6 Å². The van der Waals surface area contributed by atoms with Gasteiger partial charge < -0.3 is 4.90 Å². The van der Waals surface area contributed by atoms with Crippen LogP contribution in [-0.2, 0) is 9.84 Å². The molecule has 4 nitrogen and oxygen atoms in total. The lowest BCUT2D eigenvalue weighted by atomic mass is 10.1. The Morgan fingerprint density at radius 2 is 1.83 bits per heavy atom. The van der Waals surface area contributed by atoms with Gasteiger partial charge in [0.2, 0.25) is 0 Å². The quantitative estimate of drug-likeness (QED) is 0.785. The number of piperazine rings is 1. The van der Waals surface area contributed by atoms with Crippen LogP contribution in [0.5, 0.6) is 0 Å². The fourth-order valence-electron chi connectivity index (χ4n) is 2.72. The number of anilines is 1. The highest BCUT2D eigenvalue weighted by atomic mass is 32.2. The summed E-state index contributed by atoms with van der Waals surface area (Å²) < 4.78 is 61.7. The van der Waals surface area contributed by atoms with Gasteiger partial charge in [-0.05, 0) is 24.6 Å². The third-order valence-electron chi connectivity index (χ3n) is 3.95. The lowest BCUT2D eigenvalue weighted by Crippen LogP contribution is -2.46. The van der Waals surface area contributed by atoms with Gasteiger partial charge in [-0.3, -0.25) is 4.90 Å². The first kappa shape index (κ1) is 17.8. The summed E-state index contributed by atoms with van der Waals surface area (Å²) in [6.07, 6.45) is 1.80. The zero-order valence-electron chi connectivity index (χ0n) is 12.8. The largest absolute Gasteiger partial charge is 0.501 e. The summed E-state index contributed by atoms with van der Waals surface area (Å²) >= 11 is 0. The van der Waals surface area contributed by atoms with Crippen molar-refractivity contribution >= 4 is 15.5 Å². The molecular weight excluding hydrogens is 329 g/mol. The molecule has 128 valence electrons. The van der Waals surface area contributed by atoms with Crippen molar-refractivity contribution in [2.45, 2.75) is 17.3 Å². The first-order chi connectivity index (χ1) is 10.7. The molecule has 1 aliphatic rings. The molecule has 1 aliphatic heterocycles. The van der Waals surface area contributed by atoms with E-state index in [0.29, 0.717) is 18.8 Å². The Morgan fingerprint density at radius 1 is 1.22 bits per heavy atom. The maximum atomic E-state index is 12.8. The van der Waals surface area contributed by atoms with Crippen molar-refractivity contribution in [1.82, 2.24) is 4.90 Å². The monoisotopic (exact) mass is 348 g/mol. The molecule has 8 heteroatoms. The lowest BCUT2D eigenvalue weighted by Gasteiger charge is -2.36. The van der Waals surface area contributed by atoms with Gasteiger partial charge in [-0.2, -0.15) is 13.2 Å². The van der Waals surface area contributed by atoms with Crippen molar-refractivity contribution in [3.8, 4) is 0 Å². The van der Waals surface area contributed by atoms with Gasteiger partial charge in [0.1, 0.15) is 0 Å². The highest BCUT2D eigenvalue weighted by Gasteiger charge is 2.47. The van der Waals surface area contributed by atoms with E-state index >= 15 is 0 Å². The molecule has 0 atom stereocenters. The zero-order valence-corrected chi connectivity index (χ0v) is 13.6. The minimum atomic E-state index is -5.34. The maximum absolute atomic E-state index is 12.8. The molecule has 0 amide bonds. The molecule has 0 aliphatic carbocycles. The predicted molar refractivity (Wildman–Crippen MR) is 83.3 cm³/mol. The smallest absolute Gasteiger partial charge is 0.369 e. The highest BCUT2D eigenvalue weighted by molar-refractivity contribution is 7.92. The number of hydrogen-bond donors (Lipinski definition) is 0. The number of rotatable bonds is 4. The summed E-state index contributed by atoms with van der Waals surface area (Å²) in [5.74, 6) is 0. The van der Waals surface area contributed by atoms with E-state index in [2.05, 4.69) is 11.5 Å². The van der Waals surface area contributed by atoms with Crippen molar-refractivity contribution < 1.29 is 21.6 Å². The summed E-state index contributed by atoms with van der Waals surface area (Å²) in [5.41, 5.74) is -4.62. The number of sulfone groups is 1. The van der Waals surface area contributed by atoms with E-state index in [4.69, 9.17) is 0 Å². The van der Waals surface area contributed by atoms with Crippen LogP contribution in [0.3, 0.4) is 0 Å². The fraction of sp³-hybridized carbons (Fsp3) is 0.467. The van der Waals surface area contributed by atoms with Crippen LogP contribution < -0.4 is 4.90 Å². The van der Waals surface area contributed by atoms with E-state index in [1.165, 1.54) is 13.0 Å². The molecule has 1 heterocycles. The summed E-state index contributed by atoms with van der Waals surface area (Å²) in [5, 5.41) is 0. The first-order valence-corrected chi connectivity index (χ1v) is 8.66. The molecule has 2 rings (SSSR count). The summed E-state index contributed by atoms with van der Waals surface area (Å²) in [6.45, 7) is 8.62. The molecule has 0 unspecified atom stereocenters. The summed E-state index contributed by atoms with van der Waals surface area (Å²) in [4.78, 5) is 3.43. The second-order valence-electron chi connectivity index (χ2n) is 5.43. The average Bonchev–Trinajstić information content (AvgIpc) is 2.47. The van der Waals surface area contributed by atoms with Gasteiger partial charge in [-0.15, -0.1) is 6.58 Å². The van der Waals surface area contributed by atoms with Crippen LogP contribution in [0.25, 0.3) is 0 Å². The molecule has 0 spiro atoms. The van der Waals surface area contributed by atoms with Crippen LogP contribution in [0.15, 0.2) is 35.7 Å². The fourth-order valence-corrected chi connectivity index (χ4v) is 3.73. The van der Waals surface area contributed by atoms with E-state index in [1.54, 1.807) is 12.1 Å². The Balaban J connectivity index is 2.30. The van der Waals surface area contributed by atoms with Gasteiger partial charge >= 0.3 is 5.51 Å². The van der Waals surface area contributed by atoms with Gasteiger partial charge in [-0.1, -0.05) is 12.1 Å². The Labute approximate surface area is 134 Å². The van der Waals surface area contributed by atoms with Crippen molar-refractivity contribution in [2.24, 2.45) is 0 Å². The molecule has 0 bridgehead atoms. The van der Waals surface area contributed by atoms with E-state index in [9.17, 15) is 21.6 Å². The Bertz CT molecular complexity index is 678. The third kappa shape index (κ3) is 3.53. The maximum Gasteiger partial charge on any atom is 0.501 e. The molecule has 1 saturated heterocycles. The molecule has 0 radical (unpaired) electrons. The highest BCUT2D eigenvalue weighted by Crippen LogP contribution is 2.35. The van der Waals surface area contributed by atoms with E-state index in [0.717, 1.165) is 25.7 Å². The van der Waals surface area contributed by atoms with Gasteiger partial charge in [0.25, 0.3) is 9.84 Å². The van der Waals surface area contributed by atoms with Crippen molar-refractivity contribution in [3.05, 3.63) is 36.4 Å². The number of halogens is 3. The van der Waals surface area contributed by atoms with E-state index in [1.807, 2.05) is 4.90 Å². The van der Waals surface area contributed by atoms with Gasteiger partial charge in [0.05, 0.1) is 4.90 Å². The standard InChI is InChI=1S/C15H19F3N2O2S/c1-3-7-19-8-10-20(11-9-19)13-5-4-6-14(12(13)2)23(21,22)15(16,17)18/h3-6H,1,7-11H2,2H3. The van der Waals surface area contributed by atoms with Gasteiger partial charge in [0, 0.05) is 38.4 Å². The normalized spacial score (nSPS) is 17.3.